The van der Waals surface area contributed by atoms with Crippen LogP contribution >= 0.6 is 35.7 Å². The average molecular weight is 576 g/mol. The zero-order valence-corrected chi connectivity index (χ0v) is 20.6. The van der Waals surface area contributed by atoms with E-state index in [9.17, 15) is 17.6 Å². The van der Waals surface area contributed by atoms with Gasteiger partial charge in [-0.3, -0.25) is 4.90 Å². The minimum atomic E-state index is -4.62. The van der Waals surface area contributed by atoms with Crippen LogP contribution in [-0.2, 0) is 17.5 Å². The molecule has 31 heavy (non-hydrogen) atoms. The molecule has 1 aromatic rings. The summed E-state index contributed by atoms with van der Waals surface area (Å²) in [6, 6.07) is 2.70. The highest BCUT2D eigenvalue weighted by Gasteiger charge is 2.40. The monoisotopic (exact) mass is 576 g/mol. The third kappa shape index (κ3) is 7.10. The molecule has 1 unspecified atom stereocenters. The van der Waals surface area contributed by atoms with E-state index in [0.29, 0.717) is 38.3 Å². The summed E-state index contributed by atoms with van der Waals surface area (Å²) in [7, 11) is 0. The van der Waals surface area contributed by atoms with E-state index in [1.807, 2.05) is 18.7 Å². The normalized spacial score (nSPS) is 22.8. The number of morpholine rings is 1. The molecule has 2 N–H and O–H groups in total. The quantitative estimate of drug-likeness (QED) is 0.234. The molecular formula is C20H29F4IN4OS. The van der Waals surface area contributed by atoms with Crippen molar-refractivity contribution in [3.63, 3.8) is 0 Å². The van der Waals surface area contributed by atoms with Crippen molar-refractivity contribution >= 4 is 41.7 Å². The smallest absolute Gasteiger partial charge is 0.379 e. The van der Waals surface area contributed by atoms with Gasteiger partial charge in [0, 0.05) is 37.5 Å². The fraction of sp³-hybridized carbons (Fsp3) is 0.650. The molecule has 2 fully saturated rings. The van der Waals surface area contributed by atoms with Crippen LogP contribution in [0.2, 0.25) is 0 Å². The number of rotatable bonds is 6. The lowest BCUT2D eigenvalue weighted by molar-refractivity contribution is -0.138. The van der Waals surface area contributed by atoms with Crippen molar-refractivity contribution < 1.29 is 22.3 Å². The van der Waals surface area contributed by atoms with E-state index in [1.54, 1.807) is 0 Å². The van der Waals surface area contributed by atoms with Crippen molar-refractivity contribution in [2.24, 2.45) is 4.99 Å². The summed E-state index contributed by atoms with van der Waals surface area (Å²) in [6.07, 6.45) is -3.58. The van der Waals surface area contributed by atoms with Gasteiger partial charge >= 0.3 is 6.18 Å². The van der Waals surface area contributed by atoms with Crippen LogP contribution in [0.1, 0.15) is 24.5 Å². The van der Waals surface area contributed by atoms with Crippen molar-refractivity contribution in [3.8, 4) is 0 Å². The van der Waals surface area contributed by atoms with Crippen LogP contribution in [-0.4, -0.2) is 67.3 Å². The molecule has 0 radical (unpaired) electrons. The first-order valence-corrected chi connectivity index (χ1v) is 11.3. The summed E-state index contributed by atoms with van der Waals surface area (Å²) in [5.41, 5.74) is -1.06. The molecule has 0 aromatic heterocycles. The molecule has 5 nitrogen and oxygen atoms in total. The molecule has 0 saturated carbocycles. The van der Waals surface area contributed by atoms with Gasteiger partial charge < -0.3 is 15.4 Å². The zero-order valence-electron chi connectivity index (χ0n) is 17.4. The summed E-state index contributed by atoms with van der Waals surface area (Å²) in [4.78, 5) is 6.80. The number of aliphatic imine (C=N–C) groups is 1. The highest BCUT2D eigenvalue weighted by molar-refractivity contribution is 14.0. The maximum Gasteiger partial charge on any atom is 0.416 e. The Morgan fingerprint density at radius 3 is 2.61 bits per heavy atom. The molecule has 0 amide bonds. The zero-order chi connectivity index (χ0) is 21.6. The predicted molar refractivity (Wildman–Crippen MR) is 127 cm³/mol. The molecule has 2 aliphatic heterocycles. The maximum atomic E-state index is 13.3. The van der Waals surface area contributed by atoms with Gasteiger partial charge in [0.05, 0.1) is 25.3 Å². The second-order valence-corrected chi connectivity index (χ2v) is 8.58. The molecule has 0 bridgehead atoms. The topological polar surface area (TPSA) is 48.9 Å². The first-order chi connectivity index (χ1) is 14.3. The number of nitrogens with one attached hydrogen (secondary N) is 2. The Labute approximate surface area is 201 Å². The molecule has 176 valence electrons. The fourth-order valence-electron chi connectivity index (χ4n) is 3.84. The highest BCUT2D eigenvalue weighted by atomic mass is 127. The van der Waals surface area contributed by atoms with Gasteiger partial charge in [-0.2, -0.15) is 24.9 Å². The second-order valence-electron chi connectivity index (χ2n) is 7.47. The Morgan fingerprint density at radius 1 is 1.26 bits per heavy atom. The predicted octanol–water partition coefficient (Wildman–Crippen LogP) is 3.73. The van der Waals surface area contributed by atoms with Crippen LogP contribution in [0.3, 0.4) is 0 Å². The molecule has 0 aliphatic carbocycles. The molecule has 2 heterocycles. The van der Waals surface area contributed by atoms with Crippen LogP contribution in [0.25, 0.3) is 0 Å². The Balaban J connectivity index is 0.00000341. The number of thioether (sulfide) groups is 1. The lowest BCUT2D eigenvalue weighted by atomic mass is 9.95. The fourth-order valence-corrected chi connectivity index (χ4v) is 5.32. The lowest BCUT2D eigenvalue weighted by Gasteiger charge is -2.43. The van der Waals surface area contributed by atoms with Crippen molar-refractivity contribution in [2.45, 2.75) is 31.6 Å². The minimum Gasteiger partial charge on any atom is -0.379 e. The van der Waals surface area contributed by atoms with E-state index in [0.717, 1.165) is 43.1 Å². The van der Waals surface area contributed by atoms with Gasteiger partial charge in [0.1, 0.15) is 5.82 Å². The second kappa shape index (κ2) is 11.9. The van der Waals surface area contributed by atoms with Crippen molar-refractivity contribution in [1.82, 2.24) is 15.5 Å². The maximum absolute atomic E-state index is 13.3. The van der Waals surface area contributed by atoms with Crippen LogP contribution in [0.4, 0.5) is 17.6 Å². The number of guanidine groups is 1. The molecule has 2 saturated heterocycles. The van der Waals surface area contributed by atoms with Gasteiger partial charge in [-0.1, -0.05) is 6.07 Å². The van der Waals surface area contributed by atoms with Crippen molar-refractivity contribution in [2.75, 3.05) is 50.9 Å². The van der Waals surface area contributed by atoms with Crippen LogP contribution in [0, 0.1) is 5.82 Å². The first kappa shape index (κ1) is 26.5. The summed E-state index contributed by atoms with van der Waals surface area (Å²) in [5.74, 6) is 1.62. The number of nitrogens with zero attached hydrogens (tertiary/aromatic N) is 2. The molecule has 1 aromatic carbocycles. The van der Waals surface area contributed by atoms with Crippen LogP contribution in [0.15, 0.2) is 23.2 Å². The molecule has 0 spiro atoms. The first-order valence-electron chi connectivity index (χ1n) is 10.1. The summed E-state index contributed by atoms with van der Waals surface area (Å²) in [6.45, 7) is 6.13. The van der Waals surface area contributed by atoms with E-state index >= 15 is 0 Å². The Morgan fingerprint density at radius 2 is 2.00 bits per heavy atom. The molecule has 11 heteroatoms. The molecule has 2 aliphatic rings. The SMILES string of the molecule is CCNC(=NCc1ccc(F)cc1C(F)(F)F)NCC1(N2CCOCC2)CCSC1.I. The third-order valence-electron chi connectivity index (χ3n) is 5.48. The average Bonchev–Trinajstić information content (AvgIpc) is 3.21. The number of benzene rings is 1. The van der Waals surface area contributed by atoms with Crippen molar-refractivity contribution in [1.29, 1.82) is 0 Å². The van der Waals surface area contributed by atoms with Gasteiger partial charge in [0.2, 0.25) is 0 Å². The Kier molecular flexibility index (Phi) is 10.2. The van der Waals surface area contributed by atoms with E-state index < -0.39 is 17.6 Å². The Bertz CT molecular complexity index is 738. The molecule has 3 rings (SSSR count). The number of ether oxygens (including phenoxy) is 1. The van der Waals surface area contributed by atoms with E-state index in [4.69, 9.17) is 4.74 Å². The van der Waals surface area contributed by atoms with Crippen molar-refractivity contribution in [3.05, 3.63) is 35.1 Å². The largest absolute Gasteiger partial charge is 0.416 e. The number of halogens is 5. The highest BCUT2D eigenvalue weighted by Crippen LogP contribution is 2.34. The van der Waals surface area contributed by atoms with E-state index in [2.05, 4.69) is 20.5 Å². The van der Waals surface area contributed by atoms with Crippen LogP contribution in [0.5, 0.6) is 0 Å². The van der Waals surface area contributed by atoms with Gasteiger partial charge in [-0.25, -0.2) is 9.38 Å². The number of hydrogen-bond donors (Lipinski definition) is 2. The minimum absolute atomic E-state index is 0. The van der Waals surface area contributed by atoms with Gasteiger partial charge in [-0.05, 0) is 36.8 Å². The van der Waals surface area contributed by atoms with Gasteiger partial charge in [0.15, 0.2) is 5.96 Å². The van der Waals surface area contributed by atoms with Gasteiger partial charge in [0.25, 0.3) is 0 Å². The lowest BCUT2D eigenvalue weighted by Crippen LogP contribution is -2.60. The summed E-state index contributed by atoms with van der Waals surface area (Å²) in [5, 5.41) is 6.43. The summed E-state index contributed by atoms with van der Waals surface area (Å²) >= 11 is 1.91. The Hall–Kier alpha value is -0.790. The molecular weight excluding hydrogens is 547 g/mol. The standard InChI is InChI=1S/C20H28F4N4OS.HI/c1-2-25-18(26-12-15-3-4-16(21)11-17(15)20(22,23)24)27-13-19(5-10-30-14-19)28-6-8-29-9-7-28;/h3-4,11H,2,5-10,12-14H2,1H3,(H2,25,26,27);1H. The van der Waals surface area contributed by atoms with Crippen LogP contribution < -0.4 is 10.6 Å². The number of alkyl halides is 3. The van der Waals surface area contributed by atoms with Gasteiger partial charge in [-0.15, -0.1) is 24.0 Å². The number of hydrogen-bond acceptors (Lipinski definition) is 4. The summed E-state index contributed by atoms with van der Waals surface area (Å²) < 4.78 is 58.5. The third-order valence-corrected chi connectivity index (χ3v) is 6.71. The molecule has 1 atom stereocenters. The van der Waals surface area contributed by atoms with E-state index in [-0.39, 0.29) is 41.6 Å². The van der Waals surface area contributed by atoms with E-state index in [1.165, 1.54) is 0 Å².